The molecule has 1 aliphatic rings. The Labute approximate surface area is 151 Å². The van der Waals surface area contributed by atoms with Gasteiger partial charge in [-0.3, -0.25) is 4.79 Å². The molecular weight excluding hydrogens is 340 g/mol. The van der Waals surface area contributed by atoms with E-state index in [0.717, 1.165) is 10.5 Å². The van der Waals surface area contributed by atoms with E-state index < -0.39 is 36.2 Å². The largest absolute Gasteiger partial charge is 0.480 e. The number of rotatable bonds is 6. The Morgan fingerprint density at radius 1 is 1.27 bits per heavy atom. The summed E-state index contributed by atoms with van der Waals surface area (Å²) < 4.78 is 5.13. The third-order valence-corrected chi connectivity index (χ3v) is 4.27. The number of carbonyl (C=O) groups excluding carboxylic acids is 2. The van der Waals surface area contributed by atoms with E-state index in [4.69, 9.17) is 4.74 Å². The summed E-state index contributed by atoms with van der Waals surface area (Å²) in [5, 5.41) is 21.5. The van der Waals surface area contributed by atoms with Crippen molar-refractivity contribution in [2.24, 2.45) is 5.92 Å². The number of benzene rings is 1. The Morgan fingerprint density at radius 3 is 2.50 bits per heavy atom. The van der Waals surface area contributed by atoms with Crippen LogP contribution in [0, 0.1) is 5.92 Å². The van der Waals surface area contributed by atoms with E-state index in [1.165, 1.54) is 0 Å². The monoisotopic (exact) mass is 364 g/mol. The highest BCUT2D eigenvalue weighted by molar-refractivity contribution is 5.90. The van der Waals surface area contributed by atoms with Crippen LogP contribution < -0.4 is 5.32 Å². The second-order valence-electron chi connectivity index (χ2n) is 6.66. The average Bonchev–Trinajstić information content (AvgIpc) is 3.00. The molecule has 1 aliphatic heterocycles. The van der Waals surface area contributed by atoms with Crippen LogP contribution in [0.2, 0.25) is 0 Å². The molecule has 1 unspecified atom stereocenters. The van der Waals surface area contributed by atoms with Crippen molar-refractivity contribution in [2.75, 3.05) is 6.54 Å². The van der Waals surface area contributed by atoms with Crippen LogP contribution in [0.15, 0.2) is 30.3 Å². The number of alkyl carbamates (subject to hydrolysis) is 1. The van der Waals surface area contributed by atoms with Crippen molar-refractivity contribution in [1.29, 1.82) is 0 Å². The molecule has 8 heteroatoms. The van der Waals surface area contributed by atoms with Gasteiger partial charge in [0.2, 0.25) is 5.91 Å². The van der Waals surface area contributed by atoms with Gasteiger partial charge in [0.1, 0.15) is 18.7 Å². The lowest BCUT2D eigenvalue weighted by atomic mass is 10.0. The second kappa shape index (κ2) is 8.66. The van der Waals surface area contributed by atoms with E-state index in [2.05, 4.69) is 5.32 Å². The smallest absolute Gasteiger partial charge is 0.408 e. The lowest BCUT2D eigenvalue weighted by Gasteiger charge is -2.29. The van der Waals surface area contributed by atoms with Gasteiger partial charge in [-0.05, 0) is 11.5 Å². The van der Waals surface area contributed by atoms with Gasteiger partial charge in [0.25, 0.3) is 0 Å². The van der Waals surface area contributed by atoms with Crippen molar-refractivity contribution >= 4 is 18.0 Å². The summed E-state index contributed by atoms with van der Waals surface area (Å²) in [6.45, 7) is 3.47. The molecule has 3 atom stereocenters. The van der Waals surface area contributed by atoms with Gasteiger partial charge < -0.3 is 25.2 Å². The topological polar surface area (TPSA) is 116 Å². The lowest BCUT2D eigenvalue weighted by molar-refractivity contribution is -0.149. The number of carbonyl (C=O) groups is 3. The van der Waals surface area contributed by atoms with Gasteiger partial charge in [0.15, 0.2) is 0 Å². The number of aliphatic hydroxyl groups is 1. The minimum absolute atomic E-state index is 0.0235. The van der Waals surface area contributed by atoms with Crippen LogP contribution in [-0.4, -0.2) is 57.8 Å². The number of ether oxygens (including phenoxy) is 1. The molecule has 3 N–H and O–H groups in total. The van der Waals surface area contributed by atoms with Gasteiger partial charge in [0.05, 0.1) is 6.10 Å². The molecule has 26 heavy (non-hydrogen) atoms. The predicted molar refractivity (Wildman–Crippen MR) is 92.1 cm³/mol. The van der Waals surface area contributed by atoms with E-state index in [-0.39, 0.29) is 25.5 Å². The molecule has 0 aliphatic carbocycles. The minimum Gasteiger partial charge on any atom is -0.480 e. The number of amides is 2. The zero-order valence-electron chi connectivity index (χ0n) is 14.8. The van der Waals surface area contributed by atoms with Crippen molar-refractivity contribution < 1.29 is 29.3 Å². The van der Waals surface area contributed by atoms with Crippen LogP contribution in [0.25, 0.3) is 0 Å². The van der Waals surface area contributed by atoms with E-state index in [1.807, 2.05) is 18.2 Å². The van der Waals surface area contributed by atoms with Crippen molar-refractivity contribution in [3.63, 3.8) is 0 Å². The first kappa shape index (κ1) is 19.7. The number of hydrogen-bond donors (Lipinski definition) is 3. The standard InChI is InChI=1S/C18H24N2O6/c1-11(2)15(16(22)20-9-13(21)8-14(20)17(23)24)19-18(25)26-10-12-6-4-3-5-7-12/h3-7,11,13-15,21H,8-10H2,1-2H3,(H,19,25)(H,23,24)/t13-,14-,15?/m0/s1. The van der Waals surface area contributed by atoms with Gasteiger partial charge in [-0.25, -0.2) is 9.59 Å². The summed E-state index contributed by atoms with van der Waals surface area (Å²) in [5.41, 5.74) is 0.809. The number of aliphatic hydroxyl groups excluding tert-OH is 1. The summed E-state index contributed by atoms with van der Waals surface area (Å²) in [6.07, 6.45) is -1.67. The number of nitrogens with one attached hydrogen (secondary N) is 1. The van der Waals surface area contributed by atoms with E-state index in [1.54, 1.807) is 26.0 Å². The third-order valence-electron chi connectivity index (χ3n) is 4.27. The van der Waals surface area contributed by atoms with E-state index in [0.29, 0.717) is 0 Å². The maximum atomic E-state index is 12.7. The number of hydrogen-bond acceptors (Lipinski definition) is 5. The quantitative estimate of drug-likeness (QED) is 0.693. The molecular formula is C18H24N2O6. The lowest BCUT2D eigenvalue weighted by Crippen LogP contribution is -2.54. The van der Waals surface area contributed by atoms with Crippen molar-refractivity contribution in [3.05, 3.63) is 35.9 Å². The highest BCUT2D eigenvalue weighted by Gasteiger charge is 2.42. The van der Waals surface area contributed by atoms with E-state index >= 15 is 0 Å². The Morgan fingerprint density at radius 2 is 1.92 bits per heavy atom. The molecule has 0 aromatic heterocycles. The van der Waals surface area contributed by atoms with Gasteiger partial charge in [-0.1, -0.05) is 44.2 Å². The van der Waals surface area contributed by atoms with Crippen LogP contribution in [0.3, 0.4) is 0 Å². The van der Waals surface area contributed by atoms with Crippen LogP contribution in [0.5, 0.6) is 0 Å². The van der Waals surface area contributed by atoms with Gasteiger partial charge in [-0.2, -0.15) is 0 Å². The van der Waals surface area contributed by atoms with Crippen LogP contribution in [-0.2, 0) is 20.9 Å². The van der Waals surface area contributed by atoms with Crippen LogP contribution in [0.4, 0.5) is 4.79 Å². The Hall–Kier alpha value is -2.61. The van der Waals surface area contributed by atoms with Gasteiger partial charge in [-0.15, -0.1) is 0 Å². The number of β-amino-alcohol motifs (C(OH)–C–C–N with tert-alkyl or cyclic N) is 1. The minimum atomic E-state index is -1.18. The zero-order chi connectivity index (χ0) is 19.3. The molecule has 0 bridgehead atoms. The fourth-order valence-electron chi connectivity index (χ4n) is 2.88. The summed E-state index contributed by atoms with van der Waals surface area (Å²) in [6, 6.07) is 7.07. The molecule has 2 rings (SSSR count). The molecule has 1 saturated heterocycles. The summed E-state index contributed by atoms with van der Waals surface area (Å²) in [4.78, 5) is 37.2. The molecule has 142 valence electrons. The summed E-state index contributed by atoms with van der Waals surface area (Å²) in [7, 11) is 0. The summed E-state index contributed by atoms with van der Waals surface area (Å²) in [5.74, 6) is -2.00. The molecule has 1 heterocycles. The molecule has 1 aromatic rings. The van der Waals surface area contributed by atoms with E-state index in [9.17, 15) is 24.6 Å². The van der Waals surface area contributed by atoms with Crippen LogP contribution >= 0.6 is 0 Å². The Balaban J connectivity index is 2.00. The molecule has 0 saturated carbocycles. The first-order valence-corrected chi connectivity index (χ1v) is 8.48. The first-order chi connectivity index (χ1) is 12.3. The zero-order valence-corrected chi connectivity index (χ0v) is 14.8. The molecule has 8 nitrogen and oxygen atoms in total. The highest BCUT2D eigenvalue weighted by atomic mass is 16.5. The Bertz CT molecular complexity index is 648. The third kappa shape index (κ3) is 4.95. The highest BCUT2D eigenvalue weighted by Crippen LogP contribution is 2.21. The van der Waals surface area contributed by atoms with Gasteiger partial charge in [0, 0.05) is 13.0 Å². The molecule has 1 aromatic carbocycles. The fraction of sp³-hybridized carbons (Fsp3) is 0.500. The SMILES string of the molecule is CC(C)C(NC(=O)OCc1ccccc1)C(=O)N1C[C@@H](O)C[C@H]1C(=O)O. The molecule has 2 amide bonds. The first-order valence-electron chi connectivity index (χ1n) is 8.48. The summed E-state index contributed by atoms with van der Waals surface area (Å²) >= 11 is 0. The van der Waals surface area contributed by atoms with Crippen molar-refractivity contribution in [2.45, 2.75) is 45.1 Å². The number of likely N-dealkylation sites (tertiary alicyclic amines) is 1. The van der Waals surface area contributed by atoms with Crippen molar-refractivity contribution in [3.8, 4) is 0 Å². The maximum Gasteiger partial charge on any atom is 0.408 e. The number of aliphatic carboxylic acids is 1. The normalized spacial score (nSPS) is 20.7. The number of nitrogens with zero attached hydrogens (tertiary/aromatic N) is 1. The van der Waals surface area contributed by atoms with Crippen LogP contribution in [0.1, 0.15) is 25.8 Å². The number of carboxylic acids is 1. The second-order valence-corrected chi connectivity index (χ2v) is 6.66. The maximum absolute atomic E-state index is 12.7. The number of carboxylic acid groups (broad SMARTS) is 1. The predicted octanol–water partition coefficient (Wildman–Crippen LogP) is 0.984. The van der Waals surface area contributed by atoms with Gasteiger partial charge >= 0.3 is 12.1 Å². The van der Waals surface area contributed by atoms with Crippen molar-refractivity contribution in [1.82, 2.24) is 10.2 Å². The molecule has 1 fully saturated rings. The molecule has 0 spiro atoms. The molecule has 0 radical (unpaired) electrons. The fourth-order valence-corrected chi connectivity index (χ4v) is 2.88. The average molecular weight is 364 g/mol. The Kier molecular flexibility index (Phi) is 6.57.